The number of Topliss-reactive ketones (excluding diaryl/α,β-unsaturated/α-hetero) is 1. The van der Waals surface area contributed by atoms with Gasteiger partial charge in [-0.2, -0.15) is 5.10 Å². The number of hydrazone groups is 1. The summed E-state index contributed by atoms with van der Waals surface area (Å²) in [6, 6.07) is 17.9. The number of nitrogens with zero attached hydrogens (tertiary/aromatic N) is 4. The van der Waals surface area contributed by atoms with Crippen LogP contribution < -0.4 is 0 Å². The maximum Gasteiger partial charge on any atom is 0.378 e. The highest BCUT2D eigenvalue weighted by Gasteiger charge is 2.66. The van der Waals surface area contributed by atoms with Crippen molar-refractivity contribution < 1.29 is 23.8 Å². The Morgan fingerprint density at radius 1 is 1.14 bits per heavy atom. The van der Waals surface area contributed by atoms with Crippen molar-refractivity contribution in [3.05, 3.63) is 71.8 Å². The van der Waals surface area contributed by atoms with Crippen molar-refractivity contribution in [3.8, 4) is 0 Å². The molecule has 9 nitrogen and oxygen atoms in total. The minimum absolute atomic E-state index is 0.0593. The molecule has 3 heterocycles. The Morgan fingerprint density at radius 2 is 1.81 bits per heavy atom. The molecule has 0 saturated carbocycles. The Balaban J connectivity index is 1.32. The first-order chi connectivity index (χ1) is 17.8. The summed E-state index contributed by atoms with van der Waals surface area (Å²) in [5, 5.41) is 5.24. The second-order valence-corrected chi connectivity index (χ2v) is 10.8. The molecule has 11 heteroatoms. The maximum atomic E-state index is 13.4. The van der Waals surface area contributed by atoms with Gasteiger partial charge in [-0.25, -0.2) is 9.80 Å². The molecule has 2 unspecified atom stereocenters. The molecule has 3 aliphatic rings. The molecule has 0 spiro atoms. The molecule has 3 amide bonds. The zero-order valence-electron chi connectivity index (χ0n) is 20.2. The Labute approximate surface area is 220 Å². The van der Waals surface area contributed by atoms with E-state index in [9.17, 15) is 19.2 Å². The van der Waals surface area contributed by atoms with Crippen LogP contribution >= 0.6 is 11.8 Å². The van der Waals surface area contributed by atoms with Gasteiger partial charge in [-0.1, -0.05) is 72.4 Å². The summed E-state index contributed by atoms with van der Waals surface area (Å²) >= 11 is 1.15. The number of hydrogen-bond donors (Lipinski definition) is 0. The fraction of sp³-hybridized carbons (Fsp3) is 0.346. The van der Waals surface area contributed by atoms with Gasteiger partial charge in [-0.05, 0) is 18.1 Å². The average molecular weight is 516 g/mol. The quantitative estimate of drug-likeness (QED) is 0.303. The van der Waals surface area contributed by atoms with Crippen molar-refractivity contribution in [2.75, 3.05) is 13.1 Å². The monoisotopic (exact) mass is 516 g/mol. The standard InChI is InChI=1S/C26H25BN4O5S/c1-17-15-30(25(35)31(17)28-14-19-10-6-3-7-11-19)26(24(34)36-27)16-29-22(33)21(23(29)37-26)13-20(32)12-18-8-4-2-5-9-18/h2-11,14,17,21,23H,12-13,15-16H2,1H3/b28-14+/t17-,21?,23?,26+/m0/s1. The molecule has 0 N–H and O–H groups in total. The van der Waals surface area contributed by atoms with Gasteiger partial charge >= 0.3 is 20.0 Å². The fourth-order valence-corrected chi connectivity index (χ4v) is 6.75. The molecular formula is C26H25BN4O5S. The van der Waals surface area contributed by atoms with E-state index in [2.05, 4.69) is 9.76 Å². The average Bonchev–Trinajstić information content (AvgIpc) is 3.42. The van der Waals surface area contributed by atoms with Gasteiger partial charge in [0.25, 0.3) is 0 Å². The number of thioether (sulfide) groups is 1. The molecule has 2 aromatic carbocycles. The minimum Gasteiger partial charge on any atom is -0.541 e. The van der Waals surface area contributed by atoms with E-state index in [4.69, 9.17) is 8.05 Å². The number of β-lactam (4-membered cyclic amide) rings is 1. The molecule has 0 bridgehead atoms. The third kappa shape index (κ3) is 4.52. The lowest BCUT2D eigenvalue weighted by Gasteiger charge is -2.41. The van der Waals surface area contributed by atoms with Crippen molar-refractivity contribution in [2.45, 2.75) is 36.1 Å². The van der Waals surface area contributed by atoms with Crippen LogP contribution in [-0.4, -0.2) is 82.1 Å². The summed E-state index contributed by atoms with van der Waals surface area (Å²) in [4.78, 5) is 53.5. The number of hydrogen-bond acceptors (Lipinski definition) is 7. The van der Waals surface area contributed by atoms with Crippen LogP contribution in [0, 0.1) is 5.92 Å². The van der Waals surface area contributed by atoms with Crippen LogP contribution in [0.1, 0.15) is 24.5 Å². The van der Waals surface area contributed by atoms with Gasteiger partial charge in [-0.3, -0.25) is 19.3 Å². The predicted molar refractivity (Wildman–Crippen MR) is 138 cm³/mol. The van der Waals surface area contributed by atoms with Gasteiger partial charge in [0, 0.05) is 19.4 Å². The Hall–Kier alpha value is -3.60. The predicted octanol–water partition coefficient (Wildman–Crippen LogP) is 2.20. The summed E-state index contributed by atoms with van der Waals surface area (Å²) in [6.07, 6.45) is 1.88. The van der Waals surface area contributed by atoms with Crippen LogP contribution in [0.15, 0.2) is 65.8 Å². The number of carbonyl (C=O) groups is 4. The molecule has 4 atom stereocenters. The largest absolute Gasteiger partial charge is 0.541 e. The first-order valence-electron chi connectivity index (χ1n) is 12.0. The summed E-state index contributed by atoms with van der Waals surface area (Å²) in [5.41, 5.74) is 1.70. The van der Waals surface area contributed by atoms with Gasteiger partial charge in [0.05, 0.1) is 30.1 Å². The fourth-order valence-electron chi connectivity index (χ4n) is 5.04. The highest BCUT2D eigenvalue weighted by atomic mass is 32.2. The lowest BCUT2D eigenvalue weighted by Crippen LogP contribution is -2.59. The zero-order valence-corrected chi connectivity index (χ0v) is 21.0. The molecule has 3 fully saturated rings. The topological polar surface area (TPSA) is 99.6 Å². The highest BCUT2D eigenvalue weighted by Crippen LogP contribution is 2.53. The second kappa shape index (κ2) is 10.0. The number of urea groups is 1. The van der Waals surface area contributed by atoms with E-state index in [1.165, 1.54) is 14.8 Å². The highest BCUT2D eigenvalue weighted by molar-refractivity contribution is 8.02. The molecule has 0 aromatic heterocycles. The molecule has 5 rings (SSSR count). The van der Waals surface area contributed by atoms with Gasteiger partial charge < -0.3 is 9.55 Å². The minimum atomic E-state index is -1.52. The van der Waals surface area contributed by atoms with Crippen molar-refractivity contribution in [2.24, 2.45) is 11.0 Å². The molecule has 2 radical (unpaired) electrons. The van der Waals surface area contributed by atoms with Crippen LogP contribution in [0.3, 0.4) is 0 Å². The van der Waals surface area contributed by atoms with E-state index in [-0.39, 0.29) is 43.7 Å². The van der Waals surface area contributed by atoms with Crippen LogP contribution in [-0.2, 0) is 25.5 Å². The third-order valence-corrected chi connectivity index (χ3v) is 8.66. The smallest absolute Gasteiger partial charge is 0.378 e. The van der Waals surface area contributed by atoms with Crippen molar-refractivity contribution in [3.63, 3.8) is 0 Å². The van der Waals surface area contributed by atoms with E-state index >= 15 is 0 Å². The molecule has 37 heavy (non-hydrogen) atoms. The lowest BCUT2D eigenvalue weighted by atomic mass is 9.90. The van der Waals surface area contributed by atoms with E-state index < -0.39 is 28.2 Å². The Morgan fingerprint density at radius 3 is 2.49 bits per heavy atom. The molecule has 188 valence electrons. The van der Waals surface area contributed by atoms with Crippen molar-refractivity contribution >= 4 is 49.7 Å². The maximum absolute atomic E-state index is 13.4. The van der Waals surface area contributed by atoms with Crippen LogP contribution in [0.25, 0.3) is 0 Å². The van der Waals surface area contributed by atoms with Crippen molar-refractivity contribution in [1.29, 1.82) is 0 Å². The number of fused-ring (bicyclic) bond motifs is 1. The number of carbonyl (C=O) groups excluding carboxylic acids is 4. The van der Waals surface area contributed by atoms with E-state index in [1.807, 2.05) is 67.6 Å². The normalized spacial score (nSPS) is 26.9. The molecule has 3 saturated heterocycles. The summed E-state index contributed by atoms with van der Waals surface area (Å²) in [7, 11) is 5.30. The summed E-state index contributed by atoms with van der Waals surface area (Å²) in [6.45, 7) is 1.96. The number of amides is 3. The van der Waals surface area contributed by atoms with Gasteiger partial charge in [0.1, 0.15) is 5.78 Å². The first kappa shape index (κ1) is 25.1. The SMILES string of the molecule is [B]OC(=O)[C@@]1(N2C[C@H](C)N(/N=C/c3ccccc3)C2=O)CN2C(=O)C(CC(=O)Cc3ccccc3)C2S1. The Bertz CT molecular complexity index is 1250. The lowest BCUT2D eigenvalue weighted by molar-refractivity contribution is -0.153. The summed E-state index contributed by atoms with van der Waals surface area (Å²) in [5.74, 6) is -1.67. The van der Waals surface area contributed by atoms with Gasteiger partial charge in [0.15, 0.2) is 0 Å². The van der Waals surface area contributed by atoms with E-state index in [0.717, 1.165) is 22.9 Å². The van der Waals surface area contributed by atoms with Crippen LogP contribution in [0.5, 0.6) is 0 Å². The first-order valence-corrected chi connectivity index (χ1v) is 12.9. The second-order valence-electron chi connectivity index (χ2n) is 9.42. The zero-order chi connectivity index (χ0) is 26.2. The molecule has 2 aromatic rings. The van der Waals surface area contributed by atoms with Crippen LogP contribution in [0.4, 0.5) is 4.79 Å². The third-order valence-electron chi connectivity index (χ3n) is 6.93. The summed E-state index contributed by atoms with van der Waals surface area (Å²) < 4.78 is 4.64. The number of rotatable bonds is 8. The molecule has 3 aliphatic heterocycles. The van der Waals surface area contributed by atoms with Crippen molar-refractivity contribution in [1.82, 2.24) is 14.8 Å². The number of benzene rings is 2. The number of ketones is 1. The van der Waals surface area contributed by atoms with Gasteiger partial charge in [0.2, 0.25) is 10.8 Å². The van der Waals surface area contributed by atoms with E-state index in [1.54, 1.807) is 6.21 Å². The Kier molecular flexibility index (Phi) is 6.81. The van der Waals surface area contributed by atoms with E-state index in [0.29, 0.717) is 0 Å². The van der Waals surface area contributed by atoms with Crippen LogP contribution in [0.2, 0.25) is 0 Å². The molecular weight excluding hydrogens is 491 g/mol. The molecule has 0 aliphatic carbocycles. The van der Waals surface area contributed by atoms with Gasteiger partial charge in [-0.15, -0.1) is 0 Å².